The Hall–Kier alpha value is -3.07. The van der Waals surface area contributed by atoms with Gasteiger partial charge in [0.05, 0.1) is 23.9 Å². The molecule has 8 nitrogen and oxygen atoms in total. The molecule has 37 heavy (non-hydrogen) atoms. The molecule has 0 aliphatic carbocycles. The largest absolute Gasteiger partial charge is 0.339 e. The zero-order valence-corrected chi connectivity index (χ0v) is 22.1. The Labute approximate surface area is 226 Å². The highest BCUT2D eigenvalue weighted by Crippen LogP contribution is 2.39. The van der Waals surface area contributed by atoms with Crippen molar-refractivity contribution in [1.29, 1.82) is 0 Å². The summed E-state index contributed by atoms with van der Waals surface area (Å²) in [4.78, 5) is 46.9. The topological polar surface area (TPSA) is 76.2 Å². The van der Waals surface area contributed by atoms with Crippen LogP contribution in [0.2, 0.25) is 10.0 Å². The lowest BCUT2D eigenvalue weighted by molar-refractivity contribution is -0.139. The van der Waals surface area contributed by atoms with E-state index < -0.39 is 6.04 Å². The fourth-order valence-electron chi connectivity index (χ4n) is 5.24. The third-order valence-corrected chi connectivity index (χ3v) is 7.75. The van der Waals surface area contributed by atoms with E-state index in [2.05, 4.69) is 22.3 Å². The summed E-state index contributed by atoms with van der Waals surface area (Å²) >= 11 is 12.5. The summed E-state index contributed by atoms with van der Waals surface area (Å²) in [5.41, 5.74) is 2.92. The number of urea groups is 1. The van der Waals surface area contributed by atoms with Crippen LogP contribution in [0, 0.1) is 0 Å². The molecule has 4 amide bonds. The number of halogens is 2. The Morgan fingerprint density at radius 3 is 2.43 bits per heavy atom. The number of carbonyl (C=O) groups is 3. The molecule has 0 radical (unpaired) electrons. The minimum atomic E-state index is -0.704. The first-order valence-electron chi connectivity index (χ1n) is 12.4. The highest BCUT2D eigenvalue weighted by atomic mass is 35.5. The van der Waals surface area contributed by atoms with Crippen molar-refractivity contribution in [1.82, 2.24) is 24.9 Å². The number of piperazine rings is 1. The lowest BCUT2D eigenvalue weighted by Crippen LogP contribution is -2.51. The summed E-state index contributed by atoms with van der Waals surface area (Å²) in [7, 11) is 0. The molecular formula is C27H29Cl2N5O3. The number of nitrogens with one attached hydrogen (secondary N) is 1. The number of likely N-dealkylation sites (N-methyl/N-ethyl adjacent to an activating group) is 1. The van der Waals surface area contributed by atoms with Crippen molar-refractivity contribution in [2.45, 2.75) is 19.5 Å². The van der Waals surface area contributed by atoms with Crippen LogP contribution < -0.4 is 5.32 Å². The molecule has 2 aromatic rings. The maximum absolute atomic E-state index is 13.6. The van der Waals surface area contributed by atoms with Crippen LogP contribution in [0.5, 0.6) is 0 Å². The SMILES string of the molecule is CCN1C(=O)NC(c2ccc(Cl)cc2Cl)C2=C1CN(CC(=O)N1CCN(Cc3ccccc3)CC1)C2=O. The number of nitrogens with zero attached hydrogens (tertiary/aromatic N) is 4. The van der Waals surface area contributed by atoms with Crippen LogP contribution in [0.25, 0.3) is 0 Å². The predicted molar refractivity (Wildman–Crippen MR) is 142 cm³/mol. The standard InChI is InChI=1S/C27H29Cl2N5O3/c1-2-34-22-16-33(17-23(35)32-12-10-31(11-13-32)15-18-6-4-3-5-7-18)26(36)24(22)25(30-27(34)37)20-9-8-19(28)14-21(20)29/h3-9,14,25H,2,10-13,15-17H2,1H3,(H,30,37). The number of hydrogen-bond donors (Lipinski definition) is 1. The van der Waals surface area contributed by atoms with Crippen molar-refractivity contribution in [2.24, 2.45) is 0 Å². The number of hydrogen-bond acceptors (Lipinski definition) is 4. The molecule has 0 bridgehead atoms. The molecule has 1 fully saturated rings. The van der Waals surface area contributed by atoms with E-state index in [4.69, 9.17) is 23.2 Å². The van der Waals surface area contributed by atoms with Crippen molar-refractivity contribution in [3.63, 3.8) is 0 Å². The van der Waals surface area contributed by atoms with Gasteiger partial charge in [0, 0.05) is 49.3 Å². The Kier molecular flexibility index (Phi) is 7.42. The summed E-state index contributed by atoms with van der Waals surface area (Å²) in [5, 5.41) is 3.74. The second-order valence-electron chi connectivity index (χ2n) is 9.46. The van der Waals surface area contributed by atoms with Gasteiger partial charge in [0.25, 0.3) is 5.91 Å². The number of rotatable bonds is 6. The van der Waals surface area contributed by atoms with Crippen LogP contribution >= 0.6 is 23.2 Å². The van der Waals surface area contributed by atoms with Gasteiger partial charge in [-0.05, 0) is 30.2 Å². The molecule has 2 aromatic carbocycles. The lowest BCUT2D eigenvalue weighted by Gasteiger charge is -2.35. The van der Waals surface area contributed by atoms with Gasteiger partial charge in [-0.15, -0.1) is 0 Å². The molecule has 0 spiro atoms. The van der Waals surface area contributed by atoms with Gasteiger partial charge in [-0.1, -0.05) is 59.6 Å². The summed E-state index contributed by atoms with van der Waals surface area (Å²) in [5.74, 6) is -0.350. The quantitative estimate of drug-likeness (QED) is 0.607. The van der Waals surface area contributed by atoms with Gasteiger partial charge in [-0.2, -0.15) is 0 Å². The van der Waals surface area contributed by atoms with Crippen LogP contribution in [0.3, 0.4) is 0 Å². The van der Waals surface area contributed by atoms with Crippen molar-refractivity contribution < 1.29 is 14.4 Å². The van der Waals surface area contributed by atoms with Gasteiger partial charge in [0.2, 0.25) is 5.91 Å². The van der Waals surface area contributed by atoms with Gasteiger partial charge in [0.1, 0.15) is 6.54 Å². The van der Waals surface area contributed by atoms with E-state index in [1.165, 1.54) is 10.5 Å². The van der Waals surface area contributed by atoms with E-state index in [0.717, 1.165) is 19.6 Å². The Balaban J connectivity index is 1.27. The Morgan fingerprint density at radius 2 is 1.76 bits per heavy atom. The van der Waals surface area contributed by atoms with E-state index in [9.17, 15) is 14.4 Å². The molecule has 3 aliphatic rings. The molecule has 5 rings (SSSR count). The summed E-state index contributed by atoms with van der Waals surface area (Å²) < 4.78 is 0. The van der Waals surface area contributed by atoms with Crippen LogP contribution in [0.15, 0.2) is 59.8 Å². The summed E-state index contributed by atoms with van der Waals surface area (Å²) in [6.07, 6.45) is 0. The molecule has 1 unspecified atom stereocenters. The maximum atomic E-state index is 13.6. The normalized spacial score (nSPS) is 20.4. The van der Waals surface area contributed by atoms with Crippen LogP contribution in [0.4, 0.5) is 4.79 Å². The Morgan fingerprint density at radius 1 is 1.03 bits per heavy atom. The average Bonchev–Trinajstić information content (AvgIpc) is 3.20. The molecule has 0 saturated carbocycles. The average molecular weight is 542 g/mol. The second kappa shape index (κ2) is 10.7. The van der Waals surface area contributed by atoms with E-state index in [-0.39, 0.29) is 30.9 Å². The van der Waals surface area contributed by atoms with Crippen molar-refractivity contribution in [2.75, 3.05) is 45.8 Å². The number of carbonyl (C=O) groups excluding carboxylic acids is 3. The van der Waals surface area contributed by atoms with Crippen LogP contribution in [-0.4, -0.2) is 83.3 Å². The first kappa shape index (κ1) is 25.6. The van der Waals surface area contributed by atoms with Crippen LogP contribution in [-0.2, 0) is 16.1 Å². The third kappa shape index (κ3) is 5.19. The van der Waals surface area contributed by atoms with Crippen molar-refractivity contribution in [3.05, 3.63) is 81.0 Å². The molecule has 1 saturated heterocycles. The fraction of sp³-hybridized carbons (Fsp3) is 0.370. The predicted octanol–water partition coefficient (Wildman–Crippen LogP) is 3.52. The molecule has 3 heterocycles. The van der Waals surface area contributed by atoms with E-state index in [1.807, 2.05) is 30.0 Å². The highest BCUT2D eigenvalue weighted by molar-refractivity contribution is 6.35. The zero-order valence-electron chi connectivity index (χ0n) is 20.6. The monoisotopic (exact) mass is 541 g/mol. The van der Waals surface area contributed by atoms with E-state index >= 15 is 0 Å². The van der Waals surface area contributed by atoms with Crippen molar-refractivity contribution >= 4 is 41.0 Å². The number of benzene rings is 2. The smallest absolute Gasteiger partial charge is 0.322 e. The molecule has 1 N–H and O–H groups in total. The molecule has 0 aromatic heterocycles. The molecule has 3 aliphatic heterocycles. The number of amides is 4. The van der Waals surface area contributed by atoms with E-state index in [1.54, 1.807) is 23.1 Å². The van der Waals surface area contributed by atoms with E-state index in [0.29, 0.717) is 46.5 Å². The summed E-state index contributed by atoms with van der Waals surface area (Å²) in [6.45, 7) is 6.08. The molecular weight excluding hydrogens is 513 g/mol. The first-order chi connectivity index (χ1) is 17.9. The first-order valence-corrected chi connectivity index (χ1v) is 13.2. The highest BCUT2D eigenvalue weighted by Gasteiger charge is 2.44. The minimum absolute atomic E-state index is 0.0304. The minimum Gasteiger partial charge on any atom is -0.339 e. The fourth-order valence-corrected chi connectivity index (χ4v) is 5.76. The lowest BCUT2D eigenvalue weighted by atomic mass is 9.95. The Bertz CT molecular complexity index is 1240. The molecule has 194 valence electrons. The van der Waals surface area contributed by atoms with Gasteiger partial charge in [0.15, 0.2) is 0 Å². The van der Waals surface area contributed by atoms with Gasteiger partial charge in [-0.3, -0.25) is 19.4 Å². The van der Waals surface area contributed by atoms with Crippen LogP contribution in [0.1, 0.15) is 24.1 Å². The van der Waals surface area contributed by atoms with Gasteiger partial charge in [-0.25, -0.2) is 4.79 Å². The molecule has 1 atom stereocenters. The zero-order chi connectivity index (χ0) is 26.1. The van der Waals surface area contributed by atoms with Gasteiger partial charge >= 0.3 is 6.03 Å². The summed E-state index contributed by atoms with van der Waals surface area (Å²) in [6, 6.07) is 14.3. The third-order valence-electron chi connectivity index (χ3n) is 7.19. The molecule has 10 heteroatoms. The second-order valence-corrected chi connectivity index (χ2v) is 10.3. The van der Waals surface area contributed by atoms with Gasteiger partial charge < -0.3 is 15.1 Å². The maximum Gasteiger partial charge on any atom is 0.322 e. The van der Waals surface area contributed by atoms with Crippen molar-refractivity contribution in [3.8, 4) is 0 Å².